The third kappa shape index (κ3) is 5.62. The fourth-order valence-corrected chi connectivity index (χ4v) is 2.31. The number of carbonyl (C=O) groups is 1. The molecular formula is C12H17ClN2O2S. The fourth-order valence-electron chi connectivity index (χ4n) is 1.25. The summed E-state index contributed by atoms with van der Waals surface area (Å²) >= 11 is 7.64. The summed E-state index contributed by atoms with van der Waals surface area (Å²) in [6.45, 7) is 0.704. The Labute approximate surface area is 116 Å². The van der Waals surface area contributed by atoms with Crippen LogP contribution in [0.1, 0.15) is 6.42 Å². The van der Waals surface area contributed by atoms with Gasteiger partial charge in [-0.1, -0.05) is 11.6 Å². The molecule has 6 heteroatoms. The number of methoxy groups -OCH3 is 1. The highest BCUT2D eigenvalue weighted by atomic mass is 35.5. The van der Waals surface area contributed by atoms with E-state index in [1.165, 1.54) is 0 Å². The van der Waals surface area contributed by atoms with Crippen LogP contribution in [0.3, 0.4) is 0 Å². The predicted molar refractivity (Wildman–Crippen MR) is 78.3 cm³/mol. The van der Waals surface area contributed by atoms with Crippen molar-refractivity contribution in [2.24, 2.45) is 0 Å². The predicted octanol–water partition coefficient (Wildman–Crippen LogP) is 2.63. The van der Waals surface area contributed by atoms with E-state index in [1.54, 1.807) is 37.1 Å². The van der Waals surface area contributed by atoms with Gasteiger partial charge in [-0.25, -0.2) is 0 Å². The minimum Gasteiger partial charge on any atom is -0.399 e. The van der Waals surface area contributed by atoms with Crippen molar-refractivity contribution in [3.8, 4) is 0 Å². The van der Waals surface area contributed by atoms with Gasteiger partial charge in [0.25, 0.3) is 0 Å². The summed E-state index contributed by atoms with van der Waals surface area (Å²) in [5, 5.41) is 3.21. The molecule has 0 aliphatic carbocycles. The van der Waals surface area contributed by atoms with Gasteiger partial charge in [0.2, 0.25) is 5.91 Å². The van der Waals surface area contributed by atoms with E-state index in [0.717, 1.165) is 11.5 Å². The van der Waals surface area contributed by atoms with Gasteiger partial charge in [-0.05, 0) is 18.2 Å². The van der Waals surface area contributed by atoms with Crippen molar-refractivity contribution in [2.45, 2.75) is 6.42 Å². The van der Waals surface area contributed by atoms with Crippen LogP contribution in [0, 0.1) is 0 Å². The van der Waals surface area contributed by atoms with Crippen molar-refractivity contribution in [2.75, 3.05) is 36.3 Å². The second kappa shape index (κ2) is 8.24. The van der Waals surface area contributed by atoms with E-state index < -0.39 is 0 Å². The molecule has 0 unspecified atom stereocenters. The van der Waals surface area contributed by atoms with Crippen LogP contribution in [-0.2, 0) is 9.53 Å². The highest BCUT2D eigenvalue weighted by Crippen LogP contribution is 2.24. The SMILES string of the molecule is COCCSCCC(=O)Nc1ccc(N)cc1Cl. The van der Waals surface area contributed by atoms with Gasteiger partial charge in [0.1, 0.15) is 0 Å². The number of nitrogen functional groups attached to an aromatic ring is 1. The van der Waals surface area contributed by atoms with Gasteiger partial charge in [0, 0.05) is 30.7 Å². The maximum atomic E-state index is 11.6. The van der Waals surface area contributed by atoms with Crippen molar-refractivity contribution in [3.05, 3.63) is 23.2 Å². The molecule has 0 radical (unpaired) electrons. The van der Waals surface area contributed by atoms with Gasteiger partial charge in [-0.15, -0.1) is 0 Å². The first-order valence-electron chi connectivity index (χ1n) is 5.55. The summed E-state index contributed by atoms with van der Waals surface area (Å²) in [6, 6.07) is 5.02. The molecule has 1 amide bonds. The van der Waals surface area contributed by atoms with Gasteiger partial charge in [0.15, 0.2) is 0 Å². The molecule has 0 atom stereocenters. The number of nitrogens with two attached hydrogens (primary N) is 1. The van der Waals surface area contributed by atoms with Gasteiger partial charge >= 0.3 is 0 Å². The smallest absolute Gasteiger partial charge is 0.225 e. The van der Waals surface area contributed by atoms with Crippen molar-refractivity contribution >= 4 is 40.6 Å². The Morgan fingerprint density at radius 1 is 1.50 bits per heavy atom. The highest BCUT2D eigenvalue weighted by molar-refractivity contribution is 7.99. The minimum absolute atomic E-state index is 0.0495. The first kappa shape index (κ1) is 15.1. The van der Waals surface area contributed by atoms with E-state index in [-0.39, 0.29) is 5.91 Å². The molecule has 0 aliphatic heterocycles. The molecule has 0 fully saturated rings. The van der Waals surface area contributed by atoms with Crippen molar-refractivity contribution in [1.29, 1.82) is 0 Å². The lowest BCUT2D eigenvalue weighted by atomic mass is 10.3. The largest absolute Gasteiger partial charge is 0.399 e. The summed E-state index contributed by atoms with van der Waals surface area (Å²) in [7, 11) is 1.66. The third-order valence-corrected chi connectivity index (χ3v) is 3.43. The van der Waals surface area contributed by atoms with Crippen LogP contribution < -0.4 is 11.1 Å². The number of rotatable bonds is 7. The molecule has 0 saturated carbocycles. The van der Waals surface area contributed by atoms with Crippen molar-refractivity contribution < 1.29 is 9.53 Å². The first-order chi connectivity index (χ1) is 8.63. The number of amides is 1. The molecular weight excluding hydrogens is 272 g/mol. The molecule has 18 heavy (non-hydrogen) atoms. The standard InChI is InChI=1S/C12H17ClN2O2S/c1-17-5-7-18-6-4-12(16)15-11-3-2-9(14)8-10(11)13/h2-3,8H,4-7,14H2,1H3,(H,15,16). The third-order valence-electron chi connectivity index (χ3n) is 2.17. The molecule has 3 N–H and O–H groups in total. The lowest BCUT2D eigenvalue weighted by Crippen LogP contribution is -2.13. The summed E-state index contributed by atoms with van der Waals surface area (Å²) in [5.74, 6) is 1.61. The molecule has 4 nitrogen and oxygen atoms in total. The van der Waals surface area contributed by atoms with Crippen LogP contribution in [0.5, 0.6) is 0 Å². The monoisotopic (exact) mass is 288 g/mol. The average Bonchev–Trinajstić information content (AvgIpc) is 2.32. The second-order valence-electron chi connectivity index (χ2n) is 3.64. The normalized spacial score (nSPS) is 10.3. The molecule has 0 spiro atoms. The zero-order chi connectivity index (χ0) is 13.4. The zero-order valence-corrected chi connectivity index (χ0v) is 11.8. The zero-order valence-electron chi connectivity index (χ0n) is 10.2. The molecule has 0 aliphatic rings. The molecule has 0 heterocycles. The molecule has 0 saturated heterocycles. The van der Waals surface area contributed by atoms with Crippen molar-refractivity contribution in [3.63, 3.8) is 0 Å². The van der Waals surface area contributed by atoms with Crippen LogP contribution in [-0.4, -0.2) is 31.1 Å². The number of hydrogen-bond donors (Lipinski definition) is 2. The number of halogens is 1. The van der Waals surface area contributed by atoms with Gasteiger partial charge in [-0.3, -0.25) is 4.79 Å². The van der Waals surface area contributed by atoms with Gasteiger partial charge in [-0.2, -0.15) is 11.8 Å². The van der Waals surface area contributed by atoms with Crippen LogP contribution in [0.25, 0.3) is 0 Å². The summed E-state index contributed by atoms with van der Waals surface area (Å²) < 4.78 is 4.92. The van der Waals surface area contributed by atoms with E-state index in [1.807, 2.05) is 0 Å². The first-order valence-corrected chi connectivity index (χ1v) is 7.08. The fraction of sp³-hybridized carbons (Fsp3) is 0.417. The average molecular weight is 289 g/mol. The van der Waals surface area contributed by atoms with E-state index in [9.17, 15) is 4.79 Å². The number of anilines is 2. The summed E-state index contributed by atoms with van der Waals surface area (Å²) in [4.78, 5) is 11.6. The molecule has 0 bridgehead atoms. The van der Waals surface area contributed by atoms with Crippen molar-refractivity contribution in [1.82, 2.24) is 0 Å². The van der Waals surface area contributed by atoms with E-state index in [4.69, 9.17) is 22.1 Å². The Morgan fingerprint density at radius 3 is 2.94 bits per heavy atom. The van der Waals surface area contributed by atoms with Crippen LogP contribution in [0.4, 0.5) is 11.4 Å². The number of benzene rings is 1. The molecule has 1 aromatic rings. The lowest BCUT2D eigenvalue weighted by Gasteiger charge is -2.07. The van der Waals surface area contributed by atoms with Gasteiger partial charge < -0.3 is 15.8 Å². The Hall–Kier alpha value is -0.910. The van der Waals surface area contributed by atoms with E-state index in [2.05, 4.69) is 5.32 Å². The molecule has 1 aromatic carbocycles. The summed E-state index contributed by atoms with van der Waals surface area (Å²) in [6.07, 6.45) is 0.453. The molecule has 1 rings (SSSR count). The Kier molecular flexibility index (Phi) is 6.93. The summed E-state index contributed by atoms with van der Waals surface area (Å²) in [5.41, 5.74) is 6.74. The number of ether oxygens (including phenoxy) is 1. The van der Waals surface area contributed by atoms with Crippen LogP contribution in [0.15, 0.2) is 18.2 Å². The number of carbonyl (C=O) groups excluding carboxylic acids is 1. The van der Waals surface area contributed by atoms with E-state index >= 15 is 0 Å². The molecule has 0 aromatic heterocycles. The maximum absolute atomic E-state index is 11.6. The van der Waals surface area contributed by atoms with Crippen LogP contribution in [0.2, 0.25) is 5.02 Å². The van der Waals surface area contributed by atoms with E-state index in [0.29, 0.717) is 29.4 Å². The van der Waals surface area contributed by atoms with Gasteiger partial charge in [0.05, 0.1) is 17.3 Å². The number of thioether (sulfide) groups is 1. The minimum atomic E-state index is -0.0495. The Morgan fingerprint density at radius 2 is 2.28 bits per heavy atom. The highest BCUT2D eigenvalue weighted by Gasteiger charge is 2.05. The number of nitrogens with one attached hydrogen (secondary N) is 1. The Bertz CT molecular complexity index is 402. The second-order valence-corrected chi connectivity index (χ2v) is 5.27. The quantitative estimate of drug-likeness (QED) is 0.598. The topological polar surface area (TPSA) is 64.3 Å². The molecule has 100 valence electrons. The lowest BCUT2D eigenvalue weighted by molar-refractivity contribution is -0.115. The number of hydrogen-bond acceptors (Lipinski definition) is 4. The Balaban J connectivity index is 2.31. The van der Waals surface area contributed by atoms with Crippen LogP contribution >= 0.6 is 23.4 Å². The maximum Gasteiger partial charge on any atom is 0.225 e.